The molecule has 238 valence electrons. The highest BCUT2D eigenvalue weighted by molar-refractivity contribution is 6.15. The van der Waals surface area contributed by atoms with Crippen LogP contribution in [0.1, 0.15) is 81.2 Å². The third-order valence-corrected chi connectivity index (χ3v) is 8.52. The van der Waals surface area contributed by atoms with E-state index in [1.54, 1.807) is 68.1 Å². The van der Waals surface area contributed by atoms with Crippen LogP contribution in [0.15, 0.2) is 77.6 Å². The lowest BCUT2D eigenvalue weighted by molar-refractivity contribution is -0.164. The van der Waals surface area contributed by atoms with Crippen molar-refractivity contribution in [2.75, 3.05) is 11.4 Å². The fraction of sp³-hybridized carbons (Fsp3) is 0.361. The Morgan fingerprint density at radius 1 is 0.978 bits per heavy atom. The zero-order valence-corrected chi connectivity index (χ0v) is 26.7. The van der Waals surface area contributed by atoms with Gasteiger partial charge in [0, 0.05) is 18.2 Å². The lowest BCUT2D eigenvalue weighted by Gasteiger charge is -2.34. The summed E-state index contributed by atoms with van der Waals surface area (Å²) in [4.78, 5) is 61.9. The van der Waals surface area contributed by atoms with E-state index in [0.29, 0.717) is 40.1 Å². The number of hydrogen-bond donors (Lipinski definition) is 2. The smallest absolute Gasteiger partial charge is 0.336 e. The van der Waals surface area contributed by atoms with E-state index >= 15 is 0 Å². The number of aromatic nitrogens is 2. The number of esters is 1. The van der Waals surface area contributed by atoms with Crippen LogP contribution >= 0.6 is 0 Å². The van der Waals surface area contributed by atoms with Crippen molar-refractivity contribution < 1.29 is 19.1 Å². The molecule has 3 heterocycles. The van der Waals surface area contributed by atoms with E-state index in [1.807, 2.05) is 44.2 Å². The maximum atomic E-state index is 14.3. The predicted molar refractivity (Wildman–Crippen MR) is 176 cm³/mol. The SMILES string of the molecule is CC(C)C[C@@](N)(C(=O)OC(C)(C)C)C(=O)N1CC(CC2NC(=O)c3ccccc3-n3c2nc2ccccc2c3=O)c2ccccc21. The molecule has 0 aliphatic carbocycles. The number of benzene rings is 3. The van der Waals surface area contributed by atoms with Crippen molar-refractivity contribution in [2.45, 2.75) is 70.6 Å². The summed E-state index contributed by atoms with van der Waals surface area (Å²) in [5, 5.41) is 3.57. The predicted octanol–water partition coefficient (Wildman–Crippen LogP) is 4.78. The number of carbonyl (C=O) groups excluding carboxylic acids is 3. The molecule has 0 bridgehead atoms. The maximum Gasteiger partial charge on any atom is 0.336 e. The van der Waals surface area contributed by atoms with Gasteiger partial charge in [0.25, 0.3) is 17.4 Å². The number of anilines is 1. The second-order valence-electron chi connectivity index (χ2n) is 13.6. The van der Waals surface area contributed by atoms with Gasteiger partial charge in [-0.25, -0.2) is 9.78 Å². The number of fused-ring (bicyclic) bond motifs is 5. The summed E-state index contributed by atoms with van der Waals surface area (Å²) < 4.78 is 7.19. The van der Waals surface area contributed by atoms with Crippen LogP contribution < -0.4 is 21.5 Å². The van der Waals surface area contributed by atoms with Crippen LogP contribution in [0.4, 0.5) is 5.69 Å². The molecule has 1 aromatic heterocycles. The molecule has 0 spiro atoms. The molecular formula is C36H39N5O5. The third-order valence-electron chi connectivity index (χ3n) is 8.52. The molecule has 2 aliphatic rings. The van der Waals surface area contributed by atoms with Crippen LogP contribution in [-0.2, 0) is 14.3 Å². The van der Waals surface area contributed by atoms with Gasteiger partial charge >= 0.3 is 5.97 Å². The Hall–Kier alpha value is -4.83. The number of para-hydroxylation sites is 3. The quantitative estimate of drug-likeness (QED) is 0.234. The Bertz CT molecular complexity index is 1930. The molecule has 2 amide bonds. The first kappa shape index (κ1) is 31.2. The first-order valence-electron chi connectivity index (χ1n) is 15.6. The zero-order chi connectivity index (χ0) is 33.0. The van der Waals surface area contributed by atoms with Gasteiger partial charge in [0.15, 0.2) is 5.54 Å². The number of nitrogens with two attached hydrogens (primary N) is 1. The number of amides is 2. The van der Waals surface area contributed by atoms with Gasteiger partial charge < -0.3 is 20.7 Å². The van der Waals surface area contributed by atoms with Crippen molar-refractivity contribution in [2.24, 2.45) is 11.7 Å². The van der Waals surface area contributed by atoms with Crippen LogP contribution in [0.2, 0.25) is 0 Å². The Morgan fingerprint density at radius 2 is 1.63 bits per heavy atom. The highest BCUT2D eigenvalue weighted by atomic mass is 16.6. The molecule has 2 aliphatic heterocycles. The maximum absolute atomic E-state index is 14.3. The van der Waals surface area contributed by atoms with E-state index in [0.717, 1.165) is 5.56 Å². The highest BCUT2D eigenvalue weighted by Crippen LogP contribution is 2.43. The first-order valence-corrected chi connectivity index (χ1v) is 15.6. The van der Waals surface area contributed by atoms with Crippen LogP contribution in [0.3, 0.4) is 0 Å². The average Bonchev–Trinajstić information content (AvgIpc) is 3.31. The molecule has 3 atom stereocenters. The van der Waals surface area contributed by atoms with E-state index in [9.17, 15) is 19.2 Å². The normalized spacial score (nSPS) is 18.7. The number of ether oxygens (including phenoxy) is 1. The van der Waals surface area contributed by atoms with Gasteiger partial charge in [-0.15, -0.1) is 0 Å². The van der Waals surface area contributed by atoms with Gasteiger partial charge in [-0.3, -0.25) is 19.0 Å². The van der Waals surface area contributed by atoms with Crippen LogP contribution in [0.25, 0.3) is 16.6 Å². The summed E-state index contributed by atoms with van der Waals surface area (Å²) >= 11 is 0. The van der Waals surface area contributed by atoms with E-state index in [1.165, 1.54) is 4.57 Å². The lowest BCUT2D eigenvalue weighted by atomic mass is 9.88. The lowest BCUT2D eigenvalue weighted by Crippen LogP contribution is -2.62. The highest BCUT2D eigenvalue weighted by Gasteiger charge is 2.50. The number of carbonyl (C=O) groups is 3. The van der Waals surface area contributed by atoms with Crippen molar-refractivity contribution in [1.82, 2.24) is 14.9 Å². The molecule has 0 saturated heterocycles. The number of hydrogen-bond acceptors (Lipinski definition) is 7. The average molecular weight is 622 g/mol. The molecule has 0 saturated carbocycles. The van der Waals surface area contributed by atoms with Gasteiger partial charge in [-0.05, 0) is 75.4 Å². The minimum Gasteiger partial charge on any atom is -0.458 e. The molecule has 0 fully saturated rings. The van der Waals surface area contributed by atoms with Crippen molar-refractivity contribution in [3.05, 3.63) is 100 Å². The second-order valence-corrected chi connectivity index (χ2v) is 13.6. The summed E-state index contributed by atoms with van der Waals surface area (Å²) in [5.74, 6) is -1.55. The van der Waals surface area contributed by atoms with Crippen LogP contribution in [0, 0.1) is 5.92 Å². The minimum atomic E-state index is -1.90. The molecule has 6 rings (SSSR count). The van der Waals surface area contributed by atoms with E-state index in [-0.39, 0.29) is 36.3 Å². The molecular weight excluding hydrogens is 582 g/mol. The number of rotatable bonds is 6. The molecule has 10 heteroatoms. The minimum absolute atomic E-state index is 0.0614. The standard InChI is InChI=1S/C36H39N5O5/c1-21(2)19-36(37,34(45)46-35(3,4)5)33(44)40-20-22(23-12-7-10-16-28(23)40)18-27-30-38-26-15-9-6-13-24(26)32(43)41(30)29-17-11-8-14-25(29)31(42)39-27/h6-17,21-22,27H,18-20,37H2,1-5H3,(H,39,42)/t22?,27?,36-/m0/s1. The number of nitrogens with zero attached hydrogens (tertiary/aromatic N) is 3. The first-order chi connectivity index (χ1) is 21.8. The molecule has 3 aromatic carbocycles. The zero-order valence-electron chi connectivity index (χ0n) is 26.7. The van der Waals surface area contributed by atoms with Crippen LogP contribution in [-0.4, -0.2) is 45.0 Å². The van der Waals surface area contributed by atoms with Gasteiger partial charge in [0.1, 0.15) is 11.4 Å². The fourth-order valence-corrected chi connectivity index (χ4v) is 6.63. The topological polar surface area (TPSA) is 137 Å². The van der Waals surface area contributed by atoms with Crippen molar-refractivity contribution in [3.8, 4) is 5.69 Å². The van der Waals surface area contributed by atoms with Crippen molar-refractivity contribution in [1.29, 1.82) is 0 Å². The molecule has 3 N–H and O–H groups in total. The molecule has 4 aromatic rings. The van der Waals surface area contributed by atoms with E-state index < -0.39 is 29.1 Å². The monoisotopic (exact) mass is 621 g/mol. The van der Waals surface area contributed by atoms with E-state index in [4.69, 9.17) is 15.5 Å². The summed E-state index contributed by atoms with van der Waals surface area (Å²) in [6.45, 7) is 9.26. The Morgan fingerprint density at radius 3 is 2.35 bits per heavy atom. The molecule has 10 nitrogen and oxygen atoms in total. The summed E-state index contributed by atoms with van der Waals surface area (Å²) in [6, 6.07) is 20.9. The summed E-state index contributed by atoms with van der Waals surface area (Å²) in [7, 11) is 0. The molecule has 0 radical (unpaired) electrons. The molecule has 2 unspecified atom stereocenters. The summed E-state index contributed by atoms with van der Waals surface area (Å²) in [6.07, 6.45) is 0.438. The largest absolute Gasteiger partial charge is 0.458 e. The van der Waals surface area contributed by atoms with Gasteiger partial charge in [-0.2, -0.15) is 0 Å². The number of nitrogens with one attached hydrogen (secondary N) is 1. The van der Waals surface area contributed by atoms with Crippen molar-refractivity contribution in [3.63, 3.8) is 0 Å². The summed E-state index contributed by atoms with van der Waals surface area (Å²) in [5.41, 5.74) is 6.59. The Kier molecular flexibility index (Phi) is 7.80. The van der Waals surface area contributed by atoms with Gasteiger partial charge in [-0.1, -0.05) is 56.3 Å². The van der Waals surface area contributed by atoms with E-state index in [2.05, 4.69) is 5.32 Å². The van der Waals surface area contributed by atoms with Gasteiger partial charge in [0.05, 0.1) is 28.2 Å². The second kappa shape index (κ2) is 11.5. The van der Waals surface area contributed by atoms with Crippen LogP contribution in [0.5, 0.6) is 0 Å². The van der Waals surface area contributed by atoms with Gasteiger partial charge in [0.2, 0.25) is 0 Å². The Labute approximate surface area is 267 Å². The fourth-order valence-electron chi connectivity index (χ4n) is 6.63. The Balaban J connectivity index is 1.41. The third kappa shape index (κ3) is 5.47. The van der Waals surface area contributed by atoms with Crippen molar-refractivity contribution >= 4 is 34.4 Å². The molecule has 46 heavy (non-hydrogen) atoms.